The van der Waals surface area contributed by atoms with Crippen LogP contribution in [0.4, 0.5) is 5.69 Å². The van der Waals surface area contributed by atoms with Gasteiger partial charge in [0.15, 0.2) is 0 Å². The molecule has 0 spiro atoms. The van der Waals surface area contributed by atoms with E-state index in [1.54, 1.807) is 18.2 Å². The molecule has 0 bridgehead atoms. The van der Waals surface area contributed by atoms with Gasteiger partial charge in [-0.25, -0.2) is 4.98 Å². The third kappa shape index (κ3) is 1.98. The number of nitrogens with one attached hydrogen (secondary N) is 1. The second-order valence-corrected chi connectivity index (χ2v) is 3.22. The van der Waals surface area contributed by atoms with Crippen LogP contribution in [0.15, 0.2) is 35.3 Å². The minimum atomic E-state index is -0.858. The molecule has 0 aliphatic carbocycles. The fourth-order valence-corrected chi connectivity index (χ4v) is 1.33. The maximum atomic E-state index is 11.3. The number of para-hydroxylation sites is 1. The normalized spacial score (nSPS) is 10.1. The SMILES string of the molecule is O=c1[nH]c(-c2ccccc2O)ncc1[N+](=O)[O-]. The zero-order valence-electron chi connectivity index (χ0n) is 8.45. The Kier molecular flexibility index (Phi) is 2.57. The van der Waals surface area contributed by atoms with Gasteiger partial charge in [-0.3, -0.25) is 14.9 Å². The highest BCUT2D eigenvalue weighted by Crippen LogP contribution is 2.24. The van der Waals surface area contributed by atoms with E-state index in [0.29, 0.717) is 5.56 Å². The number of benzene rings is 1. The predicted octanol–water partition coefficient (Wildman–Crippen LogP) is 1.05. The first kappa shape index (κ1) is 10.8. The number of aromatic amines is 1. The maximum Gasteiger partial charge on any atom is 0.351 e. The number of rotatable bonds is 2. The smallest absolute Gasteiger partial charge is 0.351 e. The number of phenols is 1. The molecule has 1 heterocycles. The van der Waals surface area contributed by atoms with Crippen LogP contribution in [0, 0.1) is 10.1 Å². The van der Waals surface area contributed by atoms with E-state index in [4.69, 9.17) is 0 Å². The molecule has 2 aromatic rings. The fraction of sp³-hybridized carbons (Fsp3) is 0. The highest BCUT2D eigenvalue weighted by Gasteiger charge is 2.14. The number of nitrogens with zero attached hydrogens (tertiary/aromatic N) is 2. The van der Waals surface area contributed by atoms with Crippen molar-refractivity contribution in [2.24, 2.45) is 0 Å². The number of phenolic OH excluding ortho intramolecular Hbond substituents is 1. The Bertz CT molecular complexity index is 635. The van der Waals surface area contributed by atoms with Gasteiger partial charge in [-0.15, -0.1) is 0 Å². The van der Waals surface area contributed by atoms with Crippen LogP contribution in [-0.4, -0.2) is 20.0 Å². The van der Waals surface area contributed by atoms with Gasteiger partial charge in [-0.05, 0) is 12.1 Å². The summed E-state index contributed by atoms with van der Waals surface area (Å²) in [7, 11) is 0. The topological polar surface area (TPSA) is 109 Å². The van der Waals surface area contributed by atoms with E-state index in [2.05, 4.69) is 9.97 Å². The third-order valence-corrected chi connectivity index (χ3v) is 2.14. The van der Waals surface area contributed by atoms with E-state index in [-0.39, 0.29) is 11.6 Å². The number of hydrogen-bond donors (Lipinski definition) is 2. The molecule has 86 valence electrons. The van der Waals surface area contributed by atoms with Crippen LogP contribution < -0.4 is 5.56 Å². The van der Waals surface area contributed by atoms with E-state index < -0.39 is 16.2 Å². The first-order valence-corrected chi connectivity index (χ1v) is 4.61. The van der Waals surface area contributed by atoms with Gasteiger partial charge < -0.3 is 10.1 Å². The van der Waals surface area contributed by atoms with Crippen molar-refractivity contribution < 1.29 is 10.0 Å². The molecule has 7 nitrogen and oxygen atoms in total. The number of aromatic hydroxyl groups is 1. The predicted molar refractivity (Wildman–Crippen MR) is 58.6 cm³/mol. The minimum Gasteiger partial charge on any atom is -0.507 e. The first-order valence-electron chi connectivity index (χ1n) is 4.61. The molecule has 2 rings (SSSR count). The summed E-state index contributed by atoms with van der Waals surface area (Å²) in [5, 5.41) is 20.0. The summed E-state index contributed by atoms with van der Waals surface area (Å²) >= 11 is 0. The van der Waals surface area contributed by atoms with Crippen LogP contribution in [0.5, 0.6) is 5.75 Å². The molecule has 0 atom stereocenters. The molecule has 0 aliphatic heterocycles. The standard InChI is InChI=1S/C10H7N3O4/c14-8-4-2-1-3-6(8)9-11-5-7(13(16)17)10(15)12-9/h1-5,14H,(H,11,12,15). The van der Waals surface area contributed by atoms with Crippen LogP contribution >= 0.6 is 0 Å². The Hall–Kier alpha value is -2.70. The molecule has 0 radical (unpaired) electrons. The summed E-state index contributed by atoms with van der Waals surface area (Å²) in [4.78, 5) is 26.9. The van der Waals surface area contributed by atoms with Crippen LogP contribution in [0.3, 0.4) is 0 Å². The number of H-pyrrole nitrogens is 1. The van der Waals surface area contributed by atoms with Gasteiger partial charge in [-0.2, -0.15) is 0 Å². The van der Waals surface area contributed by atoms with Gasteiger partial charge in [0.1, 0.15) is 17.8 Å². The van der Waals surface area contributed by atoms with E-state index in [9.17, 15) is 20.0 Å². The molecular formula is C10H7N3O4. The summed E-state index contributed by atoms with van der Waals surface area (Å²) in [5.74, 6) is 0.0169. The lowest BCUT2D eigenvalue weighted by molar-refractivity contribution is -0.386. The summed E-state index contributed by atoms with van der Waals surface area (Å²) in [5.41, 5.74) is -1.19. The molecule has 7 heteroatoms. The van der Waals surface area contributed by atoms with Crippen LogP contribution in [0.2, 0.25) is 0 Å². The van der Waals surface area contributed by atoms with E-state index in [1.807, 2.05) is 0 Å². The Morgan fingerprint density at radius 2 is 2.06 bits per heavy atom. The van der Waals surface area contributed by atoms with E-state index in [1.165, 1.54) is 6.07 Å². The first-order chi connectivity index (χ1) is 8.09. The van der Waals surface area contributed by atoms with Gasteiger partial charge in [0.05, 0.1) is 10.5 Å². The van der Waals surface area contributed by atoms with Crippen molar-refractivity contribution in [2.75, 3.05) is 0 Å². The van der Waals surface area contributed by atoms with Gasteiger partial charge in [0, 0.05) is 0 Å². The Labute approximate surface area is 94.5 Å². The van der Waals surface area contributed by atoms with Crippen LogP contribution in [0.1, 0.15) is 0 Å². The van der Waals surface area contributed by atoms with Crippen molar-refractivity contribution in [1.29, 1.82) is 0 Å². The minimum absolute atomic E-state index is 0.0653. The third-order valence-electron chi connectivity index (χ3n) is 2.14. The van der Waals surface area contributed by atoms with Crippen molar-refractivity contribution in [3.8, 4) is 17.1 Å². The lowest BCUT2D eigenvalue weighted by Crippen LogP contribution is -2.13. The quantitative estimate of drug-likeness (QED) is 0.595. The van der Waals surface area contributed by atoms with Gasteiger partial charge in [0.25, 0.3) is 0 Å². The highest BCUT2D eigenvalue weighted by molar-refractivity contribution is 5.63. The molecule has 1 aromatic heterocycles. The summed E-state index contributed by atoms with van der Waals surface area (Å²) < 4.78 is 0. The van der Waals surface area contributed by atoms with Gasteiger partial charge in [0.2, 0.25) is 0 Å². The summed E-state index contributed by atoms with van der Waals surface area (Å²) in [6, 6.07) is 6.23. The molecule has 17 heavy (non-hydrogen) atoms. The molecule has 0 saturated carbocycles. The number of aromatic nitrogens is 2. The molecule has 0 unspecified atom stereocenters. The Balaban J connectivity index is 2.57. The fourth-order valence-electron chi connectivity index (χ4n) is 1.33. The summed E-state index contributed by atoms with van der Waals surface area (Å²) in [6.07, 6.45) is 0.862. The van der Waals surface area contributed by atoms with Crippen molar-refractivity contribution >= 4 is 5.69 Å². The molecule has 2 N–H and O–H groups in total. The van der Waals surface area contributed by atoms with Crippen molar-refractivity contribution in [3.63, 3.8) is 0 Å². The number of hydrogen-bond acceptors (Lipinski definition) is 5. The molecule has 0 fully saturated rings. The zero-order valence-corrected chi connectivity index (χ0v) is 8.45. The average molecular weight is 233 g/mol. The molecule has 1 aromatic carbocycles. The molecule has 0 amide bonds. The van der Waals surface area contributed by atoms with Crippen molar-refractivity contribution in [3.05, 3.63) is 50.9 Å². The second-order valence-electron chi connectivity index (χ2n) is 3.22. The van der Waals surface area contributed by atoms with Gasteiger partial charge >= 0.3 is 11.2 Å². The lowest BCUT2D eigenvalue weighted by atomic mass is 10.2. The van der Waals surface area contributed by atoms with Crippen LogP contribution in [0.25, 0.3) is 11.4 Å². The second kappa shape index (κ2) is 4.05. The monoisotopic (exact) mass is 233 g/mol. The van der Waals surface area contributed by atoms with Crippen LogP contribution in [-0.2, 0) is 0 Å². The lowest BCUT2D eigenvalue weighted by Gasteiger charge is -2.02. The molecular weight excluding hydrogens is 226 g/mol. The van der Waals surface area contributed by atoms with E-state index >= 15 is 0 Å². The zero-order chi connectivity index (χ0) is 12.4. The Morgan fingerprint density at radius 1 is 1.35 bits per heavy atom. The van der Waals surface area contributed by atoms with Gasteiger partial charge in [-0.1, -0.05) is 12.1 Å². The molecule has 0 saturated heterocycles. The highest BCUT2D eigenvalue weighted by atomic mass is 16.6. The van der Waals surface area contributed by atoms with Crippen molar-refractivity contribution in [2.45, 2.75) is 0 Å². The maximum absolute atomic E-state index is 11.3. The summed E-state index contributed by atoms with van der Waals surface area (Å²) in [6.45, 7) is 0. The average Bonchev–Trinajstić information content (AvgIpc) is 2.29. The number of nitro groups is 1. The molecule has 0 aliphatic rings. The largest absolute Gasteiger partial charge is 0.507 e. The van der Waals surface area contributed by atoms with E-state index in [0.717, 1.165) is 6.20 Å². The Morgan fingerprint density at radius 3 is 2.65 bits per heavy atom. The van der Waals surface area contributed by atoms with Crippen molar-refractivity contribution in [1.82, 2.24) is 9.97 Å².